The summed E-state index contributed by atoms with van der Waals surface area (Å²) >= 11 is 0. The van der Waals surface area contributed by atoms with Gasteiger partial charge in [-0.3, -0.25) is 4.18 Å². The smallest absolute Gasteiger partial charge is 0.457 e. The summed E-state index contributed by atoms with van der Waals surface area (Å²) in [6.07, 6.45) is 24.7. The molecular formula is C78H116O21S. The molecule has 0 spiro atoms. The molecule has 15 aliphatic carbocycles. The minimum atomic E-state index is -3.53. The van der Waals surface area contributed by atoms with Crippen LogP contribution in [0, 0.1) is 53.3 Å². The van der Waals surface area contributed by atoms with Gasteiger partial charge in [0.25, 0.3) is 10.1 Å². The van der Waals surface area contributed by atoms with Crippen molar-refractivity contribution in [1.29, 1.82) is 0 Å². The third-order valence-electron chi connectivity index (χ3n) is 23.3. The molecule has 0 aromatic rings. The quantitative estimate of drug-likeness (QED) is 0.0296. The molecule has 16 rings (SSSR count). The van der Waals surface area contributed by atoms with Gasteiger partial charge in [0, 0.05) is 65.6 Å². The highest BCUT2D eigenvalue weighted by Gasteiger charge is 2.67. The summed E-state index contributed by atoms with van der Waals surface area (Å²) in [5.74, 6) is 1.10. The first-order valence-electron chi connectivity index (χ1n) is 36.9. The van der Waals surface area contributed by atoms with E-state index in [2.05, 4.69) is 39.8 Å². The maximum atomic E-state index is 12.2. The van der Waals surface area contributed by atoms with Gasteiger partial charge in [0.1, 0.15) is 52.6 Å². The van der Waals surface area contributed by atoms with Crippen LogP contribution in [0.15, 0.2) is 60.8 Å². The van der Waals surface area contributed by atoms with E-state index in [0.717, 1.165) is 109 Å². The van der Waals surface area contributed by atoms with E-state index in [1.807, 2.05) is 34.6 Å². The second-order valence-electron chi connectivity index (χ2n) is 34.5. The second kappa shape index (κ2) is 30.7. The Morgan fingerprint density at radius 3 is 1.40 bits per heavy atom. The van der Waals surface area contributed by atoms with E-state index < -0.39 is 80.3 Å². The number of rotatable bonds is 20. The molecule has 14 bridgehead atoms. The van der Waals surface area contributed by atoms with Crippen molar-refractivity contribution in [3.63, 3.8) is 0 Å². The SMILES string of the molecule is C=C(C)C(=O)OC(C)(C)C1CCCCC1.C=C(C)C(=O)OC12CC3CC(CC(O)(C3)C1)C2.C=C(C)C(=O)OC12CC3CC(CC(OC(=O)OC(C)(C)C)(C3)C1)C2.C=C(C)C(=O)OC12CC3CC(CC(OCOCCCC)(C3)C1)C2.C=C(C)C(=O)OCC(=O)OC1C2CC3C1OS(=O)(=O)C3C2. The van der Waals surface area contributed by atoms with Crippen LogP contribution in [0.5, 0.6) is 0 Å². The third-order valence-corrected chi connectivity index (χ3v) is 25.1. The van der Waals surface area contributed by atoms with E-state index in [9.17, 15) is 47.1 Å². The van der Waals surface area contributed by atoms with Gasteiger partial charge in [-0.25, -0.2) is 33.6 Å². The van der Waals surface area contributed by atoms with E-state index in [1.54, 1.807) is 27.7 Å². The summed E-state index contributed by atoms with van der Waals surface area (Å²) in [7, 11) is -3.53. The molecule has 1 N–H and O–H groups in total. The van der Waals surface area contributed by atoms with Crippen LogP contribution in [0.2, 0.25) is 0 Å². The maximum absolute atomic E-state index is 12.2. The monoisotopic (exact) mass is 1420 g/mol. The summed E-state index contributed by atoms with van der Waals surface area (Å²) in [4.78, 5) is 82.5. The first-order chi connectivity index (χ1) is 46.6. The van der Waals surface area contributed by atoms with Gasteiger partial charge in [0.2, 0.25) is 0 Å². The van der Waals surface area contributed by atoms with Crippen LogP contribution in [0.25, 0.3) is 0 Å². The zero-order chi connectivity index (χ0) is 73.3. The summed E-state index contributed by atoms with van der Waals surface area (Å²) in [5, 5.41) is 10.1. The van der Waals surface area contributed by atoms with Crippen molar-refractivity contribution in [2.45, 2.75) is 312 Å². The normalized spacial score (nSPS) is 36.4. The van der Waals surface area contributed by atoms with Crippen LogP contribution < -0.4 is 0 Å². The average molecular weight is 1420 g/mol. The molecule has 0 aromatic heterocycles. The number of carbonyl (C=O) groups excluding carboxylic acids is 7. The Hall–Kier alpha value is -5.42. The minimum Gasteiger partial charge on any atom is -0.457 e. The Morgan fingerprint density at radius 2 is 0.960 bits per heavy atom. The van der Waals surface area contributed by atoms with Crippen molar-refractivity contribution in [3.05, 3.63) is 60.8 Å². The van der Waals surface area contributed by atoms with Crippen LogP contribution in [-0.2, 0) is 90.4 Å². The summed E-state index contributed by atoms with van der Waals surface area (Å²) in [6.45, 7) is 38.5. The topological polar surface area (TPSA) is 275 Å². The second-order valence-corrected chi connectivity index (χ2v) is 36.3. The molecule has 1 aliphatic heterocycles. The van der Waals surface area contributed by atoms with Crippen molar-refractivity contribution in [2.75, 3.05) is 20.0 Å². The lowest BCUT2D eigenvalue weighted by Crippen LogP contribution is -2.62. The van der Waals surface area contributed by atoms with Gasteiger partial charge in [-0.2, -0.15) is 8.42 Å². The number of hydrogen-bond donors (Lipinski definition) is 1. The fourth-order valence-corrected chi connectivity index (χ4v) is 22.3. The predicted molar refractivity (Wildman–Crippen MR) is 371 cm³/mol. The number of esters is 6. The molecule has 11 unspecified atom stereocenters. The van der Waals surface area contributed by atoms with Crippen LogP contribution in [0.4, 0.5) is 4.79 Å². The summed E-state index contributed by atoms with van der Waals surface area (Å²) in [5.41, 5.74) is -1.40. The lowest BCUT2D eigenvalue weighted by Gasteiger charge is -2.60. The number of carbonyl (C=O) groups is 7. The minimum absolute atomic E-state index is 0.00284. The largest absolute Gasteiger partial charge is 0.509 e. The highest BCUT2D eigenvalue weighted by molar-refractivity contribution is 7.87. The third kappa shape index (κ3) is 19.3. The van der Waals surface area contributed by atoms with E-state index >= 15 is 0 Å². The lowest BCUT2D eigenvalue weighted by molar-refractivity contribution is -0.253. The highest BCUT2D eigenvalue weighted by Crippen LogP contribution is 2.63. The predicted octanol–water partition coefficient (Wildman–Crippen LogP) is 13.9. The van der Waals surface area contributed by atoms with E-state index in [1.165, 1.54) is 51.9 Å². The number of unbranched alkanes of at least 4 members (excludes halogenated alkanes) is 1. The molecule has 1 heterocycles. The molecule has 100 heavy (non-hydrogen) atoms. The van der Waals surface area contributed by atoms with E-state index in [4.69, 9.17) is 51.6 Å². The van der Waals surface area contributed by atoms with Gasteiger partial charge in [0.05, 0.1) is 16.5 Å². The molecular weight excluding hydrogens is 1300 g/mol. The van der Waals surface area contributed by atoms with Gasteiger partial charge in [0.15, 0.2) is 6.61 Å². The Kier molecular flexibility index (Phi) is 24.2. The molecule has 1 saturated heterocycles. The van der Waals surface area contributed by atoms with Crippen molar-refractivity contribution in [1.82, 2.24) is 0 Å². The van der Waals surface area contributed by atoms with Crippen LogP contribution in [0.1, 0.15) is 250 Å². The average Bonchev–Trinajstić information content (AvgIpc) is 1.23. The van der Waals surface area contributed by atoms with E-state index in [0.29, 0.717) is 96.2 Å². The first-order valence-corrected chi connectivity index (χ1v) is 38.4. The van der Waals surface area contributed by atoms with Gasteiger partial charge in [-0.15, -0.1) is 0 Å². The molecule has 0 radical (unpaired) electrons. The fraction of sp³-hybridized carbons (Fsp3) is 0.782. The number of hydrogen-bond acceptors (Lipinski definition) is 21. The Morgan fingerprint density at radius 1 is 0.530 bits per heavy atom. The van der Waals surface area contributed by atoms with Crippen LogP contribution in [-0.4, -0.2) is 138 Å². The molecule has 11 atom stereocenters. The number of ether oxygens (including phenoxy) is 10. The molecule has 560 valence electrons. The van der Waals surface area contributed by atoms with Gasteiger partial charge in [-0.05, 0) is 239 Å². The molecule has 15 saturated carbocycles. The molecule has 0 aromatic carbocycles. The molecule has 16 fully saturated rings. The Bertz CT molecular complexity index is 3210. The fourth-order valence-electron chi connectivity index (χ4n) is 20.4. The zero-order valence-corrected chi connectivity index (χ0v) is 62.5. The standard InChI is InChI=1S/C19H28O5.C19H30O4.C14H20O3.C13H16O7S.C13H22O2/c1-12(2)15(20)22-18-7-13-6-14(8-18)10-19(9-13,11-18)24-16(21)23-17(3,4)5;1-4-5-6-21-13-22-18-8-15-7-16(9-18)11-19(10-15,12-18)23-17(20)14(2)3;1-9(2)12(15)17-14-6-10-3-11(7-14)5-13(16,4-10)8-14;1-6(2)13(15)18-5-10(14)19-11-7-3-8-9(4-7)21(16,17)20-12(8)11;1-10(2)12(14)15-13(3,4)11-8-6-5-7-9-11/h13-14H,1,6-11H2,2-5H3;15-16H,2,4-13H2,1,3H3;10-11,16H,1,3-8H2,2H3;7-9,11-12H,1,3-5H2,2H3;11H,1,5-9H2,2-4H3. The van der Waals surface area contributed by atoms with Gasteiger partial charge in [-0.1, -0.05) is 65.5 Å². The first kappa shape index (κ1) is 78.7. The van der Waals surface area contributed by atoms with Gasteiger partial charge >= 0.3 is 42.0 Å². The summed E-state index contributed by atoms with van der Waals surface area (Å²) < 4.78 is 84.5. The molecule has 22 heteroatoms. The van der Waals surface area contributed by atoms with Crippen molar-refractivity contribution >= 4 is 52.1 Å². The number of aliphatic hydroxyl groups is 1. The Labute approximate surface area is 593 Å². The molecule has 21 nitrogen and oxygen atoms in total. The highest BCUT2D eigenvalue weighted by atomic mass is 32.2. The van der Waals surface area contributed by atoms with Crippen LogP contribution >= 0.6 is 0 Å². The van der Waals surface area contributed by atoms with Crippen molar-refractivity contribution < 1.29 is 98.6 Å². The van der Waals surface area contributed by atoms with Crippen molar-refractivity contribution in [2.24, 2.45) is 53.3 Å². The Balaban J connectivity index is 0.000000147. The van der Waals surface area contributed by atoms with Crippen molar-refractivity contribution in [3.8, 4) is 0 Å². The number of fused-ring (bicyclic) bond motifs is 1. The van der Waals surface area contributed by atoms with E-state index in [-0.39, 0.29) is 58.1 Å². The lowest BCUT2D eigenvalue weighted by atomic mass is 9.52. The molecule has 16 aliphatic rings. The molecule has 0 amide bonds. The van der Waals surface area contributed by atoms with Gasteiger partial charge < -0.3 is 52.5 Å². The summed E-state index contributed by atoms with van der Waals surface area (Å²) in [6, 6.07) is 0. The maximum Gasteiger partial charge on any atom is 0.509 e. The zero-order valence-electron chi connectivity index (χ0n) is 61.7. The van der Waals surface area contributed by atoms with Crippen LogP contribution in [0.3, 0.4) is 0 Å².